The molecule has 0 aromatic rings. The van der Waals surface area contributed by atoms with Gasteiger partial charge >= 0.3 is 5.97 Å². The summed E-state index contributed by atoms with van der Waals surface area (Å²) in [7, 11) is 0. The summed E-state index contributed by atoms with van der Waals surface area (Å²) in [6.45, 7) is 5.58. The van der Waals surface area contributed by atoms with E-state index in [9.17, 15) is 4.79 Å². The summed E-state index contributed by atoms with van der Waals surface area (Å²) in [6, 6.07) is 0. The molecule has 0 spiro atoms. The Kier molecular flexibility index (Phi) is 5.81. The van der Waals surface area contributed by atoms with Crippen LogP contribution in [0.5, 0.6) is 0 Å². The lowest BCUT2D eigenvalue weighted by Crippen LogP contribution is -2.14. The molecular weight excluding hydrogens is 176 g/mol. The molecule has 0 aliphatic heterocycles. The molecule has 0 aromatic heterocycles. The lowest BCUT2D eigenvalue weighted by atomic mass is 10.2. The number of halogens is 1. The van der Waals surface area contributed by atoms with E-state index in [1.165, 1.54) is 0 Å². The van der Waals surface area contributed by atoms with E-state index in [4.69, 9.17) is 16.3 Å². The summed E-state index contributed by atoms with van der Waals surface area (Å²) < 4.78 is 4.96. The lowest BCUT2D eigenvalue weighted by Gasteiger charge is -2.08. The second kappa shape index (κ2) is 6.06. The Hall–Kier alpha value is -0.500. The van der Waals surface area contributed by atoms with E-state index in [0.29, 0.717) is 5.57 Å². The number of alkyl halides is 1. The molecule has 0 aromatic carbocycles. The highest BCUT2D eigenvalue weighted by Crippen LogP contribution is 2.04. The zero-order valence-corrected chi connectivity index (χ0v) is 8.52. The van der Waals surface area contributed by atoms with Gasteiger partial charge in [0.15, 0.2) is 0 Å². The fraction of sp³-hybridized carbons (Fsp3) is 0.667. The van der Waals surface area contributed by atoms with Crippen molar-refractivity contribution in [1.29, 1.82) is 0 Å². The van der Waals surface area contributed by atoms with E-state index in [-0.39, 0.29) is 18.0 Å². The first kappa shape index (κ1) is 11.5. The van der Waals surface area contributed by atoms with Crippen molar-refractivity contribution in [3.05, 3.63) is 11.6 Å². The van der Waals surface area contributed by atoms with Gasteiger partial charge in [-0.2, -0.15) is 0 Å². The van der Waals surface area contributed by atoms with Crippen molar-refractivity contribution in [2.75, 3.05) is 5.88 Å². The lowest BCUT2D eigenvalue weighted by molar-refractivity contribution is -0.142. The number of allylic oxidation sites excluding steroid dienone is 1. The Morgan fingerprint density at radius 1 is 1.58 bits per heavy atom. The fourth-order valence-corrected chi connectivity index (χ4v) is 0.947. The third kappa shape index (κ3) is 4.39. The summed E-state index contributed by atoms with van der Waals surface area (Å²) >= 11 is 5.56. The van der Waals surface area contributed by atoms with Crippen molar-refractivity contribution in [2.24, 2.45) is 0 Å². The van der Waals surface area contributed by atoms with Gasteiger partial charge in [-0.25, -0.2) is 4.79 Å². The number of hydrogen-bond donors (Lipinski definition) is 0. The number of hydrogen-bond acceptors (Lipinski definition) is 2. The van der Waals surface area contributed by atoms with Gasteiger partial charge in [-0.3, -0.25) is 0 Å². The zero-order valence-electron chi connectivity index (χ0n) is 7.76. The molecular formula is C9H15ClO2. The van der Waals surface area contributed by atoms with Crippen LogP contribution in [-0.4, -0.2) is 18.0 Å². The van der Waals surface area contributed by atoms with Crippen LogP contribution < -0.4 is 0 Å². The Morgan fingerprint density at radius 3 is 2.50 bits per heavy atom. The molecule has 0 fully saturated rings. The van der Waals surface area contributed by atoms with E-state index in [2.05, 4.69) is 0 Å². The fourth-order valence-electron chi connectivity index (χ4n) is 0.729. The van der Waals surface area contributed by atoms with Crippen molar-refractivity contribution in [1.82, 2.24) is 0 Å². The quantitative estimate of drug-likeness (QED) is 0.387. The number of carbonyl (C=O) groups is 1. The summed E-state index contributed by atoms with van der Waals surface area (Å²) in [5, 5.41) is 0. The minimum Gasteiger partial charge on any atom is -0.460 e. The molecule has 0 radical (unpaired) electrons. The van der Waals surface area contributed by atoms with E-state index in [1.54, 1.807) is 6.08 Å². The van der Waals surface area contributed by atoms with Gasteiger partial charge in [0.2, 0.25) is 0 Å². The molecule has 0 rings (SSSR count). The zero-order chi connectivity index (χ0) is 9.56. The van der Waals surface area contributed by atoms with Gasteiger partial charge in [-0.15, -0.1) is 11.6 Å². The summed E-state index contributed by atoms with van der Waals surface area (Å²) in [4.78, 5) is 11.2. The minimum atomic E-state index is -0.304. The first-order valence-corrected chi connectivity index (χ1v) is 4.61. The molecule has 70 valence electrons. The Bertz CT molecular complexity index is 173. The highest BCUT2D eigenvalue weighted by atomic mass is 35.5. The summed E-state index contributed by atoms with van der Waals surface area (Å²) in [5.74, 6) is -0.0822. The topological polar surface area (TPSA) is 26.3 Å². The van der Waals surface area contributed by atoms with Gasteiger partial charge in [-0.1, -0.05) is 13.0 Å². The van der Waals surface area contributed by atoms with Crippen molar-refractivity contribution in [3.63, 3.8) is 0 Å². The van der Waals surface area contributed by atoms with Crippen molar-refractivity contribution in [2.45, 2.75) is 33.3 Å². The second-order valence-corrected chi connectivity index (χ2v) is 2.99. The Morgan fingerprint density at radius 2 is 2.17 bits per heavy atom. The SMILES string of the molecule is CCC=C(CCl)C(=O)OC(C)C. The van der Waals surface area contributed by atoms with Gasteiger partial charge < -0.3 is 4.74 Å². The maximum Gasteiger partial charge on any atom is 0.335 e. The highest BCUT2D eigenvalue weighted by molar-refractivity contribution is 6.22. The smallest absolute Gasteiger partial charge is 0.335 e. The summed E-state index contributed by atoms with van der Waals surface area (Å²) in [6.07, 6.45) is 2.51. The monoisotopic (exact) mass is 190 g/mol. The van der Waals surface area contributed by atoms with Gasteiger partial charge in [0.25, 0.3) is 0 Å². The molecule has 0 aliphatic carbocycles. The largest absolute Gasteiger partial charge is 0.460 e. The predicted molar refractivity (Wildman–Crippen MR) is 50.3 cm³/mol. The average molecular weight is 191 g/mol. The van der Waals surface area contributed by atoms with Crippen LogP contribution in [0.3, 0.4) is 0 Å². The van der Waals surface area contributed by atoms with Crippen LogP contribution in [0, 0.1) is 0 Å². The van der Waals surface area contributed by atoms with Gasteiger partial charge in [-0.05, 0) is 20.3 Å². The maximum absolute atomic E-state index is 11.2. The molecule has 0 saturated heterocycles. The molecule has 0 amide bonds. The van der Waals surface area contributed by atoms with Crippen LogP contribution >= 0.6 is 11.6 Å². The second-order valence-electron chi connectivity index (χ2n) is 2.73. The molecule has 2 nitrogen and oxygen atoms in total. The molecule has 3 heteroatoms. The number of carbonyl (C=O) groups excluding carboxylic acids is 1. The Balaban J connectivity index is 4.13. The van der Waals surface area contributed by atoms with E-state index in [0.717, 1.165) is 6.42 Å². The van der Waals surface area contributed by atoms with Crippen molar-refractivity contribution >= 4 is 17.6 Å². The van der Waals surface area contributed by atoms with Crippen LogP contribution in [0.1, 0.15) is 27.2 Å². The van der Waals surface area contributed by atoms with E-state index in [1.807, 2.05) is 20.8 Å². The van der Waals surface area contributed by atoms with E-state index < -0.39 is 0 Å². The third-order valence-electron chi connectivity index (χ3n) is 1.20. The predicted octanol–water partition coefficient (Wildman–Crippen LogP) is 2.51. The minimum absolute atomic E-state index is 0.0824. The first-order chi connectivity index (χ1) is 5.61. The first-order valence-electron chi connectivity index (χ1n) is 4.07. The molecule has 0 N–H and O–H groups in total. The molecule has 0 atom stereocenters. The number of esters is 1. The molecule has 0 saturated carbocycles. The van der Waals surface area contributed by atoms with Crippen LogP contribution in [0.4, 0.5) is 0 Å². The molecule has 0 bridgehead atoms. The highest BCUT2D eigenvalue weighted by Gasteiger charge is 2.10. The third-order valence-corrected chi connectivity index (χ3v) is 1.49. The van der Waals surface area contributed by atoms with E-state index >= 15 is 0 Å². The maximum atomic E-state index is 11.2. The number of rotatable bonds is 4. The van der Waals surface area contributed by atoms with Crippen LogP contribution in [0.15, 0.2) is 11.6 Å². The Labute approximate surface area is 78.5 Å². The van der Waals surface area contributed by atoms with Crippen molar-refractivity contribution in [3.8, 4) is 0 Å². The average Bonchev–Trinajstić information content (AvgIpc) is 1.98. The van der Waals surface area contributed by atoms with Crippen molar-refractivity contribution < 1.29 is 9.53 Å². The number of ether oxygens (including phenoxy) is 1. The molecule has 0 unspecified atom stereocenters. The van der Waals surface area contributed by atoms with Gasteiger partial charge in [0.1, 0.15) is 0 Å². The van der Waals surface area contributed by atoms with Crippen LogP contribution in [0.25, 0.3) is 0 Å². The standard InChI is InChI=1S/C9H15ClO2/c1-4-5-8(6-10)9(11)12-7(2)3/h5,7H,4,6H2,1-3H3. The van der Waals surface area contributed by atoms with Gasteiger partial charge in [0.05, 0.1) is 12.0 Å². The van der Waals surface area contributed by atoms with Crippen LogP contribution in [-0.2, 0) is 9.53 Å². The normalized spacial score (nSPS) is 11.9. The molecule has 12 heavy (non-hydrogen) atoms. The van der Waals surface area contributed by atoms with Gasteiger partial charge in [0, 0.05) is 5.57 Å². The molecule has 0 aliphatic rings. The van der Waals surface area contributed by atoms with Crippen LogP contribution in [0.2, 0.25) is 0 Å². The summed E-state index contributed by atoms with van der Waals surface area (Å²) in [5.41, 5.74) is 0.549. The molecule has 0 heterocycles.